The standard InChI is InChI=1S/C5H8N2.C4H9.2CHO.Ru/c1-5-3-7(2)4-6-5;1-4(2)3;2*1-2;/h3-4H,1-2H3;1-3H3;2*1H;/q;3*-1;+3. The molecule has 93 valence electrons. The Hall–Kier alpha value is -0.827. The van der Waals surface area contributed by atoms with Crippen molar-refractivity contribution in [3.63, 3.8) is 0 Å². The number of aromatic nitrogens is 2. The predicted molar refractivity (Wildman–Crippen MR) is 61.7 cm³/mol. The molecular weight excluding hydrogens is 293 g/mol. The van der Waals surface area contributed by atoms with Gasteiger partial charge in [0.15, 0.2) is 0 Å². The minimum atomic E-state index is 0. The van der Waals surface area contributed by atoms with Crippen molar-refractivity contribution < 1.29 is 29.1 Å². The maximum absolute atomic E-state index is 7.75. The second-order valence-corrected chi connectivity index (χ2v) is 3.18. The van der Waals surface area contributed by atoms with Crippen LogP contribution in [0.3, 0.4) is 0 Å². The fraction of sp³-hybridized carbons (Fsp3) is 0.455. The molecule has 1 rings (SSSR count). The summed E-state index contributed by atoms with van der Waals surface area (Å²) in [6.45, 7) is 14.7. The molecule has 0 fully saturated rings. The molecule has 0 aliphatic carbocycles. The van der Waals surface area contributed by atoms with E-state index in [0.717, 1.165) is 5.69 Å². The number of hydrogen-bond donors (Lipinski definition) is 0. The van der Waals surface area contributed by atoms with E-state index in [4.69, 9.17) is 9.59 Å². The van der Waals surface area contributed by atoms with E-state index >= 15 is 0 Å². The van der Waals surface area contributed by atoms with Gasteiger partial charge < -0.3 is 20.1 Å². The summed E-state index contributed by atoms with van der Waals surface area (Å²) in [5, 5.41) is 0. The van der Waals surface area contributed by atoms with Crippen LogP contribution in [0.25, 0.3) is 0 Å². The van der Waals surface area contributed by atoms with E-state index in [1.54, 1.807) is 6.33 Å². The zero-order valence-electron chi connectivity index (χ0n) is 10.4. The number of hydrogen-bond acceptors (Lipinski definition) is 3. The van der Waals surface area contributed by atoms with Crippen LogP contribution in [-0.2, 0) is 36.1 Å². The van der Waals surface area contributed by atoms with Crippen LogP contribution in [0.15, 0.2) is 12.5 Å². The summed E-state index contributed by atoms with van der Waals surface area (Å²) in [5.41, 5.74) is 1.07. The minimum Gasteiger partial charge on any atom is -0.545 e. The van der Waals surface area contributed by atoms with E-state index in [1.165, 1.54) is 5.92 Å². The van der Waals surface area contributed by atoms with Crippen LogP contribution in [0.5, 0.6) is 0 Å². The summed E-state index contributed by atoms with van der Waals surface area (Å²) in [7, 11) is 1.96. The topological polar surface area (TPSA) is 52.0 Å². The Balaban J connectivity index is -0.0000000702. The molecule has 1 heterocycles. The Kier molecular flexibility index (Phi) is 30.1. The van der Waals surface area contributed by atoms with E-state index in [1.807, 2.05) is 24.7 Å². The summed E-state index contributed by atoms with van der Waals surface area (Å²) in [6, 6.07) is 0. The maximum Gasteiger partial charge on any atom is 3.00 e. The molecule has 0 N–H and O–H groups in total. The van der Waals surface area contributed by atoms with Crippen molar-refractivity contribution in [2.75, 3.05) is 0 Å². The van der Waals surface area contributed by atoms with E-state index in [2.05, 4.69) is 39.3 Å². The Labute approximate surface area is 111 Å². The van der Waals surface area contributed by atoms with Gasteiger partial charge in [0.05, 0.1) is 12.0 Å². The van der Waals surface area contributed by atoms with E-state index in [0.29, 0.717) is 0 Å². The Morgan fingerprint density at radius 2 is 1.50 bits per heavy atom. The average molecular weight is 312 g/mol. The van der Waals surface area contributed by atoms with Gasteiger partial charge in [-0.1, -0.05) is 0 Å². The summed E-state index contributed by atoms with van der Waals surface area (Å²) < 4.78 is 1.93. The molecule has 0 spiro atoms. The third-order valence-electron chi connectivity index (χ3n) is 0.834. The smallest absolute Gasteiger partial charge is 0.545 e. The number of imidazole rings is 1. The fourth-order valence-electron chi connectivity index (χ4n) is 0.544. The van der Waals surface area contributed by atoms with Gasteiger partial charge in [0.2, 0.25) is 0 Å². The molecule has 0 saturated heterocycles. The van der Waals surface area contributed by atoms with Gasteiger partial charge in [-0.15, -0.1) is 0 Å². The number of carbonyl (C=O) groups excluding carboxylic acids is 2. The van der Waals surface area contributed by atoms with Crippen LogP contribution in [0.2, 0.25) is 0 Å². The van der Waals surface area contributed by atoms with Gasteiger partial charge in [0.1, 0.15) is 0 Å². The second-order valence-electron chi connectivity index (χ2n) is 3.18. The monoisotopic (exact) mass is 313 g/mol. The predicted octanol–water partition coefficient (Wildman–Crippen LogP) is 1.80. The van der Waals surface area contributed by atoms with Gasteiger partial charge in [-0.3, -0.25) is 13.6 Å². The molecule has 16 heavy (non-hydrogen) atoms. The molecule has 1 aromatic rings. The average Bonchev–Trinajstić information content (AvgIpc) is 2.56. The summed E-state index contributed by atoms with van der Waals surface area (Å²) in [5.74, 6) is 1.42. The van der Waals surface area contributed by atoms with Gasteiger partial charge in [-0.2, -0.15) is 20.8 Å². The molecule has 0 aliphatic heterocycles. The van der Waals surface area contributed by atoms with Gasteiger partial charge in [0.25, 0.3) is 0 Å². The van der Waals surface area contributed by atoms with E-state index in [-0.39, 0.29) is 19.5 Å². The van der Waals surface area contributed by atoms with Gasteiger partial charge in [-0.05, 0) is 6.92 Å². The molecule has 4 nitrogen and oxygen atoms in total. The molecular formula is C11H19N2O2Ru. The second kappa shape index (κ2) is 19.7. The van der Waals surface area contributed by atoms with Gasteiger partial charge in [0, 0.05) is 13.2 Å². The third-order valence-corrected chi connectivity index (χ3v) is 0.834. The van der Waals surface area contributed by atoms with Crippen molar-refractivity contribution in [3.8, 4) is 0 Å². The van der Waals surface area contributed by atoms with Crippen LogP contribution in [0.4, 0.5) is 0 Å². The first kappa shape index (κ1) is 24.4. The van der Waals surface area contributed by atoms with Gasteiger partial charge in [-0.25, -0.2) is 4.98 Å². The molecule has 1 radical (unpaired) electrons. The van der Waals surface area contributed by atoms with Crippen LogP contribution < -0.4 is 0 Å². The van der Waals surface area contributed by atoms with Crippen molar-refractivity contribution in [2.45, 2.75) is 27.7 Å². The number of nitrogens with zero attached hydrogens (tertiary/aromatic N) is 2. The molecule has 0 atom stereocenters. The maximum atomic E-state index is 7.75. The van der Waals surface area contributed by atoms with E-state index in [9.17, 15) is 0 Å². The number of rotatable bonds is 0. The summed E-state index contributed by atoms with van der Waals surface area (Å²) in [6.07, 6.45) is 3.76. The molecule has 0 unspecified atom stereocenters. The van der Waals surface area contributed by atoms with Gasteiger partial charge >= 0.3 is 19.5 Å². The summed E-state index contributed by atoms with van der Waals surface area (Å²) in [4.78, 5) is 19.5. The first-order valence-corrected chi connectivity index (χ1v) is 4.21. The van der Waals surface area contributed by atoms with Crippen LogP contribution in [0.1, 0.15) is 26.5 Å². The molecule has 0 bridgehead atoms. The molecule has 0 saturated carbocycles. The zero-order chi connectivity index (χ0) is 12.9. The molecule has 0 aromatic carbocycles. The first-order chi connectivity index (χ1) is 7.02. The summed E-state index contributed by atoms with van der Waals surface area (Å²) >= 11 is 0. The van der Waals surface area contributed by atoms with E-state index < -0.39 is 0 Å². The molecule has 0 amide bonds. The third kappa shape index (κ3) is 29.2. The normalized spacial score (nSPS) is 6.88. The molecule has 0 aliphatic rings. The quantitative estimate of drug-likeness (QED) is 0.417. The Bertz CT molecular complexity index is 206. The molecule has 1 aromatic heterocycles. The number of aryl methyl sites for hydroxylation is 2. The molecule has 5 heteroatoms. The largest absolute Gasteiger partial charge is 3.00 e. The van der Waals surface area contributed by atoms with Crippen molar-refractivity contribution in [1.82, 2.24) is 9.55 Å². The Morgan fingerprint density at radius 3 is 1.56 bits per heavy atom. The van der Waals surface area contributed by atoms with Crippen molar-refractivity contribution in [3.05, 3.63) is 24.1 Å². The zero-order valence-corrected chi connectivity index (χ0v) is 12.1. The first-order valence-electron chi connectivity index (χ1n) is 4.21. The van der Waals surface area contributed by atoms with Crippen LogP contribution in [0, 0.1) is 12.8 Å². The van der Waals surface area contributed by atoms with Crippen LogP contribution >= 0.6 is 0 Å². The minimum absolute atomic E-state index is 0. The van der Waals surface area contributed by atoms with Crippen molar-refractivity contribution in [1.29, 1.82) is 0 Å². The Morgan fingerprint density at radius 1 is 1.19 bits per heavy atom. The van der Waals surface area contributed by atoms with Crippen molar-refractivity contribution >= 4 is 13.6 Å². The van der Waals surface area contributed by atoms with Crippen LogP contribution in [-0.4, -0.2) is 23.1 Å². The SMILES string of the molecule is C[C-](C)C.Cc1cn(C)cn1.[CH-]=O.[CH-]=O.[Ru+3]. The van der Waals surface area contributed by atoms with Crippen molar-refractivity contribution in [2.24, 2.45) is 7.05 Å². The fourth-order valence-corrected chi connectivity index (χ4v) is 0.544.